The highest BCUT2D eigenvalue weighted by atomic mass is 19.4. The van der Waals surface area contributed by atoms with Gasteiger partial charge >= 0.3 is 30.4 Å². The van der Waals surface area contributed by atoms with Crippen LogP contribution in [0.2, 0.25) is 0 Å². The molecule has 0 fully saturated rings. The molecule has 0 radical (unpaired) electrons. The van der Waals surface area contributed by atoms with E-state index in [0.29, 0.717) is 0 Å². The number of alkyl halides is 12. The topological polar surface area (TPSA) is 9.23 Å². The quantitative estimate of drug-likeness (QED) is 0.632. The maximum Gasteiger partial charge on any atom is 0.421 e. The highest BCUT2D eigenvalue weighted by Crippen LogP contribution is 2.48. The average Bonchev–Trinajstić information content (AvgIpc) is 2.26. The van der Waals surface area contributed by atoms with Crippen molar-refractivity contribution in [3.63, 3.8) is 0 Å². The van der Waals surface area contributed by atoms with Crippen molar-refractivity contribution >= 4 is 0 Å². The summed E-state index contributed by atoms with van der Waals surface area (Å²) in [5, 5.41) is 0. The molecule has 0 heterocycles. The van der Waals surface area contributed by atoms with E-state index in [1.807, 2.05) is 0 Å². The van der Waals surface area contributed by atoms with Gasteiger partial charge in [-0.2, -0.15) is 39.5 Å². The summed E-state index contributed by atoms with van der Waals surface area (Å²) in [5.41, 5.74) is 0. The van der Waals surface area contributed by atoms with Gasteiger partial charge in [-0.15, -0.1) is 0 Å². The van der Waals surface area contributed by atoms with Gasteiger partial charge < -0.3 is 4.74 Å². The van der Waals surface area contributed by atoms with E-state index in [-0.39, 0.29) is 0 Å². The maximum atomic E-state index is 12.7. The number of hydrogen-bond donors (Lipinski definition) is 0. The highest BCUT2D eigenvalue weighted by molar-refractivity contribution is 4.97. The normalized spacial score (nSPS) is 16.4. The zero-order valence-electron chi connectivity index (χ0n) is 9.51. The number of halogens is 12. The van der Waals surface area contributed by atoms with Crippen LogP contribution in [0.4, 0.5) is 52.7 Å². The lowest BCUT2D eigenvalue weighted by Crippen LogP contribution is -2.59. The number of rotatable bonds is 7. The Bertz CT molecular complexity index is 335. The fourth-order valence-electron chi connectivity index (χ4n) is 0.857. The molecule has 0 aromatic rings. The molecule has 0 rings (SSSR count). The standard InChI is InChI=1S/C8H6F12O/c9-3(7(16,17)18)1-21-2-5(12,13)8(19,20)6(14,15)4(10)11/h3-4H,1-2H2. The molecule has 0 aliphatic rings. The maximum absolute atomic E-state index is 12.7. The third kappa shape index (κ3) is 4.30. The van der Waals surface area contributed by atoms with Crippen LogP contribution in [0.25, 0.3) is 0 Å². The molecular formula is C8H6F12O. The molecule has 0 saturated heterocycles. The molecule has 0 aliphatic carbocycles. The van der Waals surface area contributed by atoms with Gasteiger partial charge in [0.15, 0.2) is 0 Å². The van der Waals surface area contributed by atoms with Crippen molar-refractivity contribution in [2.75, 3.05) is 13.2 Å². The smallest absolute Gasteiger partial charge is 0.372 e. The zero-order valence-corrected chi connectivity index (χ0v) is 9.51. The summed E-state index contributed by atoms with van der Waals surface area (Å²) in [6.07, 6.45) is -14.6. The summed E-state index contributed by atoms with van der Waals surface area (Å²) in [4.78, 5) is 0. The predicted octanol–water partition coefficient (Wildman–Crippen LogP) is 4.07. The molecule has 0 aliphatic heterocycles. The van der Waals surface area contributed by atoms with E-state index >= 15 is 0 Å². The lowest BCUT2D eigenvalue weighted by atomic mass is 10.1. The molecule has 0 N–H and O–H groups in total. The molecule has 21 heavy (non-hydrogen) atoms. The van der Waals surface area contributed by atoms with Gasteiger partial charge in [-0.25, -0.2) is 13.2 Å². The summed E-state index contributed by atoms with van der Waals surface area (Å²) in [5.74, 6) is -19.0. The van der Waals surface area contributed by atoms with Crippen molar-refractivity contribution in [1.82, 2.24) is 0 Å². The zero-order chi connectivity index (χ0) is 17.3. The van der Waals surface area contributed by atoms with Crippen molar-refractivity contribution in [1.29, 1.82) is 0 Å². The van der Waals surface area contributed by atoms with Crippen molar-refractivity contribution in [2.24, 2.45) is 0 Å². The van der Waals surface area contributed by atoms with Crippen LogP contribution in [0.3, 0.4) is 0 Å². The SMILES string of the molecule is FC(COCC(F)(F)C(F)(F)C(F)(F)C(F)F)C(F)(F)F. The molecule has 0 aromatic heterocycles. The van der Waals surface area contributed by atoms with Crippen LogP contribution >= 0.6 is 0 Å². The number of ether oxygens (including phenoxy) is 1. The fraction of sp³-hybridized carbons (Fsp3) is 1.00. The Morgan fingerprint density at radius 2 is 1.19 bits per heavy atom. The summed E-state index contributed by atoms with van der Waals surface area (Å²) >= 11 is 0. The Morgan fingerprint density at radius 3 is 1.52 bits per heavy atom. The molecule has 1 nitrogen and oxygen atoms in total. The van der Waals surface area contributed by atoms with Crippen molar-refractivity contribution in [3.8, 4) is 0 Å². The monoisotopic (exact) mass is 346 g/mol. The Labute approximate surface area is 108 Å². The van der Waals surface area contributed by atoms with Crippen LogP contribution in [-0.4, -0.2) is 49.8 Å². The van der Waals surface area contributed by atoms with E-state index in [2.05, 4.69) is 4.74 Å². The van der Waals surface area contributed by atoms with Crippen LogP contribution < -0.4 is 0 Å². The molecular weight excluding hydrogens is 340 g/mol. The van der Waals surface area contributed by atoms with E-state index in [9.17, 15) is 52.7 Å². The molecule has 1 unspecified atom stereocenters. The first kappa shape index (κ1) is 20.1. The van der Waals surface area contributed by atoms with Crippen LogP contribution in [-0.2, 0) is 4.74 Å². The van der Waals surface area contributed by atoms with Crippen LogP contribution in [0.15, 0.2) is 0 Å². The Kier molecular flexibility index (Phi) is 5.83. The summed E-state index contributed by atoms with van der Waals surface area (Å²) in [6.45, 7) is -4.99. The molecule has 0 amide bonds. The third-order valence-corrected chi connectivity index (χ3v) is 2.05. The Morgan fingerprint density at radius 1 is 0.762 bits per heavy atom. The van der Waals surface area contributed by atoms with Gasteiger partial charge in [0, 0.05) is 0 Å². The Balaban J connectivity index is 4.83. The van der Waals surface area contributed by atoms with Crippen LogP contribution in [0, 0.1) is 0 Å². The van der Waals surface area contributed by atoms with E-state index in [0.717, 1.165) is 0 Å². The third-order valence-electron chi connectivity index (χ3n) is 2.05. The van der Waals surface area contributed by atoms with Crippen LogP contribution in [0.1, 0.15) is 0 Å². The first-order valence-electron chi connectivity index (χ1n) is 4.77. The van der Waals surface area contributed by atoms with E-state index in [1.165, 1.54) is 0 Å². The van der Waals surface area contributed by atoms with Crippen LogP contribution in [0.5, 0.6) is 0 Å². The highest BCUT2D eigenvalue weighted by Gasteiger charge is 2.75. The molecule has 0 saturated carbocycles. The van der Waals surface area contributed by atoms with Gasteiger partial charge in [0.05, 0.1) is 6.61 Å². The second kappa shape index (κ2) is 6.08. The van der Waals surface area contributed by atoms with Crippen molar-refractivity contribution < 1.29 is 57.4 Å². The number of hydrogen-bond acceptors (Lipinski definition) is 1. The van der Waals surface area contributed by atoms with E-state index in [4.69, 9.17) is 0 Å². The minimum absolute atomic E-state index is 2.19. The summed E-state index contributed by atoms with van der Waals surface area (Å²) in [7, 11) is 0. The fourth-order valence-corrected chi connectivity index (χ4v) is 0.857. The summed E-state index contributed by atoms with van der Waals surface area (Å²) < 4.78 is 149. The molecule has 0 spiro atoms. The second-order valence-corrected chi connectivity index (χ2v) is 3.73. The largest absolute Gasteiger partial charge is 0.421 e. The van der Waals surface area contributed by atoms with Crippen molar-refractivity contribution in [3.05, 3.63) is 0 Å². The molecule has 13 heteroatoms. The van der Waals surface area contributed by atoms with Gasteiger partial charge in [-0.1, -0.05) is 0 Å². The van der Waals surface area contributed by atoms with Crippen molar-refractivity contribution in [2.45, 2.75) is 36.5 Å². The van der Waals surface area contributed by atoms with Gasteiger partial charge in [-0.3, -0.25) is 0 Å². The van der Waals surface area contributed by atoms with E-state index in [1.54, 1.807) is 0 Å². The lowest BCUT2D eigenvalue weighted by molar-refractivity contribution is -0.347. The first-order valence-corrected chi connectivity index (χ1v) is 4.77. The average molecular weight is 346 g/mol. The second-order valence-electron chi connectivity index (χ2n) is 3.73. The van der Waals surface area contributed by atoms with E-state index < -0.39 is 49.8 Å². The lowest BCUT2D eigenvalue weighted by Gasteiger charge is -2.32. The van der Waals surface area contributed by atoms with Gasteiger partial charge in [-0.05, 0) is 0 Å². The predicted molar refractivity (Wildman–Crippen MR) is 42.6 cm³/mol. The Hall–Kier alpha value is -0.880. The molecule has 0 bridgehead atoms. The minimum atomic E-state index is -6.61. The summed E-state index contributed by atoms with van der Waals surface area (Å²) in [6, 6.07) is 0. The minimum Gasteiger partial charge on any atom is -0.372 e. The van der Waals surface area contributed by atoms with Gasteiger partial charge in [0.1, 0.15) is 6.61 Å². The molecule has 0 aromatic carbocycles. The molecule has 1 atom stereocenters. The van der Waals surface area contributed by atoms with Gasteiger partial charge in [0.2, 0.25) is 6.17 Å². The first-order chi connectivity index (χ1) is 9.07. The van der Waals surface area contributed by atoms with Gasteiger partial charge in [0.25, 0.3) is 0 Å². The molecule has 128 valence electrons.